The molecule has 25 heavy (non-hydrogen) atoms. The van der Waals surface area contributed by atoms with E-state index >= 15 is 0 Å². The zero-order valence-electron chi connectivity index (χ0n) is 13.2. The van der Waals surface area contributed by atoms with Gasteiger partial charge in [0, 0.05) is 24.2 Å². The van der Waals surface area contributed by atoms with Crippen LogP contribution >= 0.6 is 11.6 Å². The Bertz CT molecular complexity index is 972. The predicted molar refractivity (Wildman–Crippen MR) is 92.9 cm³/mol. The van der Waals surface area contributed by atoms with E-state index in [4.69, 9.17) is 16.3 Å². The van der Waals surface area contributed by atoms with Crippen LogP contribution in [0.1, 0.15) is 10.4 Å². The van der Waals surface area contributed by atoms with Crippen LogP contribution in [0.25, 0.3) is 5.65 Å². The predicted octanol–water partition coefficient (Wildman–Crippen LogP) is 1.69. The van der Waals surface area contributed by atoms with Crippen molar-refractivity contribution in [3.05, 3.63) is 35.0 Å². The molecule has 1 amide bonds. The van der Waals surface area contributed by atoms with Crippen molar-refractivity contribution in [2.24, 2.45) is 0 Å². The Morgan fingerprint density at radius 2 is 2.12 bits per heavy atom. The summed E-state index contributed by atoms with van der Waals surface area (Å²) in [7, 11) is 1.76. The molecule has 4 rings (SSSR count). The second kappa shape index (κ2) is 6.10. The number of anilines is 3. The normalized spacial score (nSPS) is 13.9. The van der Waals surface area contributed by atoms with E-state index in [2.05, 4.69) is 31.0 Å². The number of hydrogen-bond acceptors (Lipinski definition) is 7. The second-order valence-corrected chi connectivity index (χ2v) is 5.74. The number of pyridine rings is 1. The third-order valence-corrected chi connectivity index (χ3v) is 3.85. The number of rotatable bonds is 1. The smallest absolute Gasteiger partial charge is 0.256 e. The van der Waals surface area contributed by atoms with Gasteiger partial charge in [0.25, 0.3) is 5.91 Å². The summed E-state index contributed by atoms with van der Waals surface area (Å²) in [5.74, 6) is 1.73. The molecule has 4 heterocycles. The van der Waals surface area contributed by atoms with Crippen molar-refractivity contribution in [3.8, 4) is 5.88 Å². The molecule has 3 aromatic rings. The Morgan fingerprint density at radius 1 is 1.28 bits per heavy atom. The van der Waals surface area contributed by atoms with Crippen molar-refractivity contribution in [2.75, 3.05) is 30.8 Å². The lowest BCUT2D eigenvalue weighted by Crippen LogP contribution is -2.28. The summed E-state index contributed by atoms with van der Waals surface area (Å²) < 4.78 is 7.11. The molecule has 3 aromatic heterocycles. The average molecular weight is 360 g/mol. The maximum Gasteiger partial charge on any atom is 0.256 e. The lowest BCUT2D eigenvalue weighted by Gasteiger charge is -2.10. The lowest BCUT2D eigenvalue weighted by atomic mass is 10.3. The topological polar surface area (TPSA) is 105 Å². The van der Waals surface area contributed by atoms with Gasteiger partial charge in [0.1, 0.15) is 29.6 Å². The molecule has 3 N–H and O–H groups in total. The summed E-state index contributed by atoms with van der Waals surface area (Å²) in [4.78, 5) is 21.2. The fourth-order valence-corrected chi connectivity index (χ4v) is 2.72. The lowest BCUT2D eigenvalue weighted by molar-refractivity contribution is 0.0948. The molecule has 0 saturated heterocycles. The molecule has 0 spiro atoms. The zero-order valence-corrected chi connectivity index (χ0v) is 14.0. The minimum atomic E-state index is -0.276. The Hall–Kier alpha value is -3.07. The Morgan fingerprint density at radius 3 is 2.96 bits per heavy atom. The van der Waals surface area contributed by atoms with Gasteiger partial charge in [0.15, 0.2) is 5.65 Å². The highest BCUT2D eigenvalue weighted by Gasteiger charge is 2.17. The van der Waals surface area contributed by atoms with E-state index in [1.165, 1.54) is 6.20 Å². The molecular weight excluding hydrogens is 346 g/mol. The number of carbonyl (C=O) groups is 1. The van der Waals surface area contributed by atoms with Crippen LogP contribution in [-0.4, -0.2) is 45.7 Å². The Labute approximate surface area is 147 Å². The number of hydrogen-bond donors (Lipinski definition) is 3. The minimum Gasteiger partial charge on any atom is -0.476 e. The van der Waals surface area contributed by atoms with E-state index in [0.717, 1.165) is 0 Å². The van der Waals surface area contributed by atoms with Gasteiger partial charge < -0.3 is 20.7 Å². The standard InChI is InChI=1S/C15H14ClN7O2/c1-17-12-6-11-20-10-4-8(16)5-13(21-10)25-3-2-18-15(24)9-7-19-23(12)14(9)22-11/h4-7,17H,2-3H2,1H3,(H,18,24)(H,20,21,22). The van der Waals surface area contributed by atoms with Gasteiger partial charge in [0.05, 0.1) is 12.7 Å². The number of ether oxygens (including phenoxy) is 1. The summed E-state index contributed by atoms with van der Waals surface area (Å²) in [6, 6.07) is 5.03. The van der Waals surface area contributed by atoms with E-state index in [1.807, 2.05) is 0 Å². The van der Waals surface area contributed by atoms with Gasteiger partial charge in [-0.05, 0) is 6.07 Å². The number of halogens is 1. The fraction of sp³-hybridized carbons (Fsp3) is 0.200. The van der Waals surface area contributed by atoms with Gasteiger partial charge in [-0.15, -0.1) is 0 Å². The summed E-state index contributed by atoms with van der Waals surface area (Å²) in [5, 5.41) is 13.6. The van der Waals surface area contributed by atoms with E-state index in [1.54, 1.807) is 29.8 Å². The highest BCUT2D eigenvalue weighted by atomic mass is 35.5. The minimum absolute atomic E-state index is 0.260. The SMILES string of the molecule is CNc1cc2nc3c(cnn13)C(=O)NCCOc1cc(Cl)cc(n1)N2. The fourth-order valence-electron chi connectivity index (χ4n) is 2.52. The van der Waals surface area contributed by atoms with Crippen LogP contribution in [0.15, 0.2) is 24.4 Å². The maximum atomic E-state index is 12.4. The summed E-state index contributed by atoms with van der Waals surface area (Å²) >= 11 is 6.12. The first-order valence-corrected chi connectivity index (χ1v) is 7.94. The van der Waals surface area contributed by atoms with Crippen molar-refractivity contribution < 1.29 is 9.53 Å². The average Bonchev–Trinajstić information content (AvgIpc) is 3.00. The van der Waals surface area contributed by atoms with Crippen LogP contribution in [-0.2, 0) is 0 Å². The summed E-state index contributed by atoms with van der Waals surface area (Å²) in [5.41, 5.74) is 0.798. The van der Waals surface area contributed by atoms with Gasteiger partial charge in [-0.1, -0.05) is 11.6 Å². The zero-order chi connectivity index (χ0) is 17.4. The molecule has 4 bridgehead atoms. The van der Waals surface area contributed by atoms with Crippen LogP contribution in [0.5, 0.6) is 5.88 Å². The molecule has 0 radical (unpaired) electrons. The van der Waals surface area contributed by atoms with E-state index in [9.17, 15) is 4.79 Å². The van der Waals surface area contributed by atoms with Gasteiger partial charge in [0.2, 0.25) is 5.88 Å². The molecule has 0 fully saturated rings. The Kier molecular flexibility index (Phi) is 3.77. The molecule has 1 aliphatic heterocycles. The number of amides is 1. The molecule has 0 saturated carbocycles. The quantitative estimate of drug-likeness (QED) is 0.607. The molecular formula is C15H14ClN7O2. The van der Waals surface area contributed by atoms with Gasteiger partial charge >= 0.3 is 0 Å². The number of fused-ring (bicyclic) bond motifs is 3. The first kappa shape index (κ1) is 15.5. The number of nitrogens with one attached hydrogen (secondary N) is 3. The number of carbonyl (C=O) groups excluding carboxylic acids is 1. The third-order valence-electron chi connectivity index (χ3n) is 3.63. The number of aromatic nitrogens is 4. The van der Waals surface area contributed by atoms with E-state index in [0.29, 0.717) is 46.1 Å². The first-order valence-electron chi connectivity index (χ1n) is 7.56. The van der Waals surface area contributed by atoms with Crippen LogP contribution in [0.3, 0.4) is 0 Å². The highest BCUT2D eigenvalue weighted by molar-refractivity contribution is 6.30. The van der Waals surface area contributed by atoms with Crippen LogP contribution in [0.2, 0.25) is 5.02 Å². The summed E-state index contributed by atoms with van der Waals surface area (Å²) in [6.07, 6.45) is 1.48. The highest BCUT2D eigenvalue weighted by Crippen LogP contribution is 2.25. The van der Waals surface area contributed by atoms with Gasteiger partial charge in [-0.2, -0.15) is 14.6 Å². The van der Waals surface area contributed by atoms with Crippen molar-refractivity contribution in [1.82, 2.24) is 24.9 Å². The maximum absolute atomic E-state index is 12.4. The molecule has 0 atom stereocenters. The van der Waals surface area contributed by atoms with Crippen LogP contribution in [0, 0.1) is 0 Å². The molecule has 0 aliphatic carbocycles. The number of nitrogens with zero attached hydrogens (tertiary/aromatic N) is 4. The van der Waals surface area contributed by atoms with E-state index in [-0.39, 0.29) is 12.5 Å². The van der Waals surface area contributed by atoms with Gasteiger partial charge in [-0.25, -0.2) is 4.98 Å². The van der Waals surface area contributed by atoms with Gasteiger partial charge in [-0.3, -0.25) is 4.79 Å². The second-order valence-electron chi connectivity index (χ2n) is 5.31. The van der Waals surface area contributed by atoms with Crippen molar-refractivity contribution >= 4 is 40.6 Å². The summed E-state index contributed by atoms with van der Waals surface area (Å²) in [6.45, 7) is 0.571. The van der Waals surface area contributed by atoms with Crippen LogP contribution < -0.4 is 20.7 Å². The molecule has 0 aromatic carbocycles. The molecule has 0 unspecified atom stereocenters. The molecule has 10 heteroatoms. The third kappa shape index (κ3) is 2.89. The molecule has 1 aliphatic rings. The van der Waals surface area contributed by atoms with Crippen LogP contribution in [0.4, 0.5) is 17.5 Å². The van der Waals surface area contributed by atoms with Crippen molar-refractivity contribution in [3.63, 3.8) is 0 Å². The first-order chi connectivity index (χ1) is 12.1. The molecule has 128 valence electrons. The van der Waals surface area contributed by atoms with Crippen molar-refractivity contribution in [1.29, 1.82) is 0 Å². The van der Waals surface area contributed by atoms with Crippen molar-refractivity contribution in [2.45, 2.75) is 0 Å². The monoisotopic (exact) mass is 359 g/mol. The largest absolute Gasteiger partial charge is 0.476 e. The van der Waals surface area contributed by atoms with E-state index < -0.39 is 0 Å². The Balaban J connectivity index is 1.89. The molecule has 9 nitrogen and oxygen atoms in total.